The second-order valence-corrected chi connectivity index (χ2v) is 18.4. The fraction of sp³-hybridized carbons (Fsp3) is 0.436. The fourth-order valence-corrected chi connectivity index (χ4v) is 9.14. The minimum atomic E-state index is -1.00. The average Bonchev–Trinajstić information content (AvgIpc) is 3.33. The quantitative estimate of drug-likeness (QED) is 0.0179. The van der Waals surface area contributed by atoms with E-state index in [0.717, 1.165) is 69.7 Å². The number of rotatable bonds is 26. The molecule has 1 amide bonds. The first kappa shape index (κ1) is 50.1. The van der Waals surface area contributed by atoms with Gasteiger partial charge in [-0.25, -0.2) is 0 Å². The van der Waals surface area contributed by atoms with Crippen molar-refractivity contribution in [1.82, 2.24) is 5.32 Å². The molecular weight excluding hydrogens is 843 g/mol. The lowest BCUT2D eigenvalue weighted by atomic mass is 9.70. The summed E-state index contributed by atoms with van der Waals surface area (Å²) in [7, 11) is 0. The molecule has 1 saturated carbocycles. The number of fused-ring (bicyclic) bond motifs is 2. The number of guanidine groups is 1. The predicted molar refractivity (Wildman–Crippen MR) is 267 cm³/mol. The largest absolute Gasteiger partial charge is 0.493 e. The predicted octanol–water partition coefficient (Wildman–Crippen LogP) is 9.36. The van der Waals surface area contributed by atoms with Crippen molar-refractivity contribution < 1.29 is 33.4 Å². The number of nitrogens with two attached hydrogens (primary N) is 3. The van der Waals surface area contributed by atoms with Crippen LogP contribution in [0.3, 0.4) is 0 Å². The van der Waals surface area contributed by atoms with Gasteiger partial charge in [0.25, 0.3) is 0 Å². The molecule has 5 aromatic carbocycles. The van der Waals surface area contributed by atoms with Crippen LogP contribution in [-0.2, 0) is 30.5 Å². The van der Waals surface area contributed by atoms with E-state index in [0.29, 0.717) is 63.3 Å². The highest BCUT2D eigenvalue weighted by Crippen LogP contribution is 2.46. The van der Waals surface area contributed by atoms with E-state index in [2.05, 4.69) is 48.4 Å². The molecule has 0 aromatic heterocycles. The van der Waals surface area contributed by atoms with Crippen molar-refractivity contribution in [2.24, 2.45) is 39.4 Å². The Labute approximate surface area is 395 Å². The highest BCUT2D eigenvalue weighted by molar-refractivity contribution is 6.10. The second-order valence-electron chi connectivity index (χ2n) is 18.4. The molecule has 6 rings (SSSR count). The van der Waals surface area contributed by atoms with Gasteiger partial charge >= 0.3 is 5.97 Å². The van der Waals surface area contributed by atoms with Crippen LogP contribution in [0.2, 0.25) is 0 Å². The number of hydrogen-bond donors (Lipinski definition) is 4. The number of hydrogen-bond acceptors (Lipinski definition) is 9. The Hall–Kier alpha value is -6.27. The summed E-state index contributed by atoms with van der Waals surface area (Å²) in [5.41, 5.74) is 18.6. The van der Waals surface area contributed by atoms with Crippen LogP contribution in [0.25, 0.3) is 32.7 Å². The Kier molecular flexibility index (Phi) is 18.7. The van der Waals surface area contributed by atoms with Crippen molar-refractivity contribution >= 4 is 50.9 Å². The Balaban J connectivity index is 1.22. The highest BCUT2D eigenvalue weighted by Gasteiger charge is 2.44. The van der Waals surface area contributed by atoms with Gasteiger partial charge < -0.3 is 36.7 Å². The van der Waals surface area contributed by atoms with Crippen LogP contribution in [0.4, 0.5) is 0 Å². The van der Waals surface area contributed by atoms with Crippen LogP contribution in [-0.4, -0.2) is 61.7 Å². The van der Waals surface area contributed by atoms with E-state index >= 15 is 0 Å². The third kappa shape index (κ3) is 14.1. The third-order valence-electron chi connectivity index (χ3n) is 12.8. The van der Waals surface area contributed by atoms with Gasteiger partial charge in [0, 0.05) is 36.4 Å². The number of Topliss-reactive ketones (excluding diaryl/α,β-unsaturated/α-hetero) is 2. The number of benzene rings is 5. The SMILES string of the molecule is CC(C)CCOc1ccc2ccccc2c1-c1c(OCC(=O)C[C@H](CCCCN)C(=O)N[C@H](CCCN=C(N)N)C(=O)CC2(C(=O)OCc3ccccc3)CCCCC2)ccc2ccccc12. The maximum Gasteiger partial charge on any atom is 0.312 e. The van der Waals surface area contributed by atoms with Gasteiger partial charge in [0.05, 0.1) is 18.1 Å². The van der Waals surface area contributed by atoms with E-state index in [1.165, 1.54) is 0 Å². The van der Waals surface area contributed by atoms with Gasteiger partial charge in [-0.15, -0.1) is 0 Å². The van der Waals surface area contributed by atoms with Crippen LogP contribution in [0.5, 0.6) is 11.5 Å². The smallest absolute Gasteiger partial charge is 0.312 e. The van der Waals surface area contributed by atoms with E-state index < -0.39 is 29.3 Å². The molecule has 1 fully saturated rings. The number of carbonyl (C=O) groups excluding carboxylic acids is 4. The second kappa shape index (κ2) is 25.0. The Bertz CT molecular complexity index is 2460. The zero-order valence-electron chi connectivity index (χ0n) is 39.3. The summed E-state index contributed by atoms with van der Waals surface area (Å²) in [6, 6.07) is 32.7. The number of carbonyl (C=O) groups is 4. The molecule has 356 valence electrons. The lowest BCUT2D eigenvalue weighted by molar-refractivity contribution is -0.162. The lowest BCUT2D eigenvalue weighted by Crippen LogP contribution is -2.47. The number of amides is 1. The van der Waals surface area contributed by atoms with Crippen molar-refractivity contribution in [3.05, 3.63) is 109 Å². The van der Waals surface area contributed by atoms with E-state index in [1.807, 2.05) is 78.9 Å². The molecule has 12 nitrogen and oxygen atoms in total. The van der Waals surface area contributed by atoms with Gasteiger partial charge in [0.15, 0.2) is 17.5 Å². The molecule has 0 heterocycles. The van der Waals surface area contributed by atoms with Gasteiger partial charge in [-0.2, -0.15) is 0 Å². The molecule has 0 radical (unpaired) electrons. The van der Waals surface area contributed by atoms with Crippen molar-refractivity contribution in [2.45, 2.75) is 110 Å². The van der Waals surface area contributed by atoms with Crippen molar-refractivity contribution in [3.63, 3.8) is 0 Å². The Morgan fingerprint density at radius 2 is 1.34 bits per heavy atom. The molecule has 0 spiro atoms. The molecule has 5 aromatic rings. The topological polar surface area (TPSA) is 198 Å². The monoisotopic (exact) mass is 912 g/mol. The van der Waals surface area contributed by atoms with Crippen molar-refractivity contribution in [2.75, 3.05) is 26.3 Å². The van der Waals surface area contributed by atoms with Gasteiger partial charge in [-0.3, -0.25) is 24.2 Å². The molecule has 67 heavy (non-hydrogen) atoms. The summed E-state index contributed by atoms with van der Waals surface area (Å²) >= 11 is 0. The maximum atomic E-state index is 14.4. The minimum Gasteiger partial charge on any atom is -0.493 e. The fourth-order valence-electron chi connectivity index (χ4n) is 9.14. The molecule has 1 aliphatic rings. The lowest BCUT2D eigenvalue weighted by Gasteiger charge is -2.35. The number of nitrogens with zero attached hydrogens (tertiary/aromatic N) is 1. The molecule has 0 bridgehead atoms. The van der Waals surface area contributed by atoms with Gasteiger partial charge in [-0.1, -0.05) is 131 Å². The van der Waals surface area contributed by atoms with E-state index in [9.17, 15) is 19.2 Å². The summed E-state index contributed by atoms with van der Waals surface area (Å²) < 4.78 is 18.9. The maximum absolute atomic E-state index is 14.4. The summed E-state index contributed by atoms with van der Waals surface area (Å²) in [5.74, 6) is -0.470. The minimum absolute atomic E-state index is 0.0710. The van der Waals surface area contributed by atoms with Crippen LogP contribution in [0.15, 0.2) is 108 Å². The van der Waals surface area contributed by atoms with Crippen molar-refractivity contribution in [1.29, 1.82) is 0 Å². The number of unbranched alkanes of at least 4 members (excludes halogenated alkanes) is 1. The Morgan fingerprint density at radius 3 is 1.97 bits per heavy atom. The molecule has 7 N–H and O–H groups in total. The average molecular weight is 912 g/mol. The zero-order valence-corrected chi connectivity index (χ0v) is 39.3. The molecule has 1 aliphatic carbocycles. The zero-order chi connectivity index (χ0) is 47.6. The number of ketones is 2. The first-order chi connectivity index (χ1) is 32.5. The number of aliphatic imine (C=N–C) groups is 1. The Morgan fingerprint density at radius 1 is 0.716 bits per heavy atom. The van der Waals surface area contributed by atoms with Crippen LogP contribution >= 0.6 is 0 Å². The summed E-state index contributed by atoms with van der Waals surface area (Å²) in [5, 5.41) is 7.02. The summed E-state index contributed by atoms with van der Waals surface area (Å²) in [6.45, 7) is 5.39. The van der Waals surface area contributed by atoms with Crippen LogP contribution in [0, 0.1) is 17.3 Å². The highest BCUT2D eigenvalue weighted by atomic mass is 16.5. The van der Waals surface area contributed by atoms with Crippen LogP contribution < -0.4 is 32.0 Å². The first-order valence-electron chi connectivity index (χ1n) is 24.1. The van der Waals surface area contributed by atoms with E-state index in [1.54, 1.807) is 0 Å². The third-order valence-corrected chi connectivity index (χ3v) is 12.8. The number of ether oxygens (including phenoxy) is 3. The molecule has 0 saturated heterocycles. The number of nitrogens with one attached hydrogen (secondary N) is 1. The van der Waals surface area contributed by atoms with Gasteiger partial charge in [-0.05, 0) is 96.6 Å². The molecule has 2 atom stereocenters. The number of esters is 1. The van der Waals surface area contributed by atoms with Crippen molar-refractivity contribution in [3.8, 4) is 22.6 Å². The van der Waals surface area contributed by atoms with E-state index in [4.69, 9.17) is 31.4 Å². The summed E-state index contributed by atoms with van der Waals surface area (Å²) in [6.07, 6.45) is 6.57. The van der Waals surface area contributed by atoms with Crippen LogP contribution in [0.1, 0.15) is 103 Å². The molecular formula is C55H69N5O7. The van der Waals surface area contributed by atoms with Gasteiger partial charge in [0.1, 0.15) is 24.7 Å². The molecule has 0 aliphatic heterocycles. The molecule has 0 unspecified atom stereocenters. The molecule has 12 heteroatoms. The standard InChI is InChI=1S/C55H69N5O7/c1-38(2)28-33-65-48-26-24-40-18-7-9-21-44(40)50(48)51-45-22-10-8-19-41(45)25-27-49(51)66-37-43(61)34-42(20-11-14-31-56)52(63)60-46(23-15-32-59-54(57)58)47(62)35-55(29-12-4-13-30-55)53(64)67-36-39-16-5-3-6-17-39/h3,5-10,16-19,21-22,24-27,38,42,46H,4,11-15,20,23,28-37,56H2,1-2H3,(H,60,63)(H4,57,58,59)/t42-,46+/m0/s1. The van der Waals surface area contributed by atoms with E-state index in [-0.39, 0.29) is 56.5 Å². The first-order valence-corrected chi connectivity index (χ1v) is 24.1. The van der Waals surface area contributed by atoms with Gasteiger partial charge in [0.2, 0.25) is 5.91 Å². The summed E-state index contributed by atoms with van der Waals surface area (Å²) in [4.78, 5) is 60.9. The normalized spacial score (nSPS) is 14.3.